The number of rotatable bonds is 7. The van der Waals surface area contributed by atoms with Crippen LogP contribution in [0.25, 0.3) is 0 Å². The summed E-state index contributed by atoms with van der Waals surface area (Å²) >= 11 is 0. The third kappa shape index (κ3) is 4.56. The molecular formula is C25H26N2O2. The van der Waals surface area contributed by atoms with Gasteiger partial charge in [0.25, 0.3) is 0 Å². The molecule has 29 heavy (non-hydrogen) atoms. The lowest BCUT2D eigenvalue weighted by Crippen LogP contribution is -2.43. The van der Waals surface area contributed by atoms with Crippen LogP contribution in [0.15, 0.2) is 84.9 Å². The van der Waals surface area contributed by atoms with Gasteiger partial charge >= 0.3 is 0 Å². The maximum absolute atomic E-state index is 12.9. The second kappa shape index (κ2) is 9.03. The van der Waals surface area contributed by atoms with Crippen LogP contribution in [-0.2, 0) is 6.54 Å². The zero-order valence-electron chi connectivity index (χ0n) is 16.4. The van der Waals surface area contributed by atoms with Gasteiger partial charge in [0.2, 0.25) is 0 Å². The molecule has 1 fully saturated rings. The highest BCUT2D eigenvalue weighted by molar-refractivity contribution is 6.12. The summed E-state index contributed by atoms with van der Waals surface area (Å²) in [4.78, 5) is 15.3. The zero-order valence-corrected chi connectivity index (χ0v) is 16.4. The molecule has 2 unspecified atom stereocenters. The molecule has 1 saturated heterocycles. The molecule has 4 heteroatoms. The first kappa shape index (κ1) is 19.4. The van der Waals surface area contributed by atoms with Gasteiger partial charge < -0.3 is 10.4 Å². The number of hydrogen-bond acceptors (Lipinski definition) is 4. The SMILES string of the molecule is O=C(c1ccccc1)c1ccccc1NC(O)C1CCCN1Cc1ccccc1. The van der Waals surface area contributed by atoms with Gasteiger partial charge in [-0.2, -0.15) is 0 Å². The van der Waals surface area contributed by atoms with Crippen molar-refractivity contribution in [2.75, 3.05) is 11.9 Å². The molecule has 2 atom stereocenters. The number of nitrogens with one attached hydrogen (secondary N) is 1. The van der Waals surface area contributed by atoms with E-state index in [0.29, 0.717) is 16.8 Å². The molecule has 4 rings (SSSR count). The quantitative estimate of drug-likeness (QED) is 0.469. The van der Waals surface area contributed by atoms with Crippen LogP contribution in [0.2, 0.25) is 0 Å². The number of hydrogen-bond donors (Lipinski definition) is 2. The lowest BCUT2D eigenvalue weighted by molar-refractivity contribution is 0.0889. The molecule has 0 amide bonds. The number of carbonyl (C=O) groups excluding carboxylic acids is 1. The lowest BCUT2D eigenvalue weighted by Gasteiger charge is -2.30. The fraction of sp³-hybridized carbons (Fsp3) is 0.240. The van der Waals surface area contributed by atoms with Crippen molar-refractivity contribution in [2.24, 2.45) is 0 Å². The van der Waals surface area contributed by atoms with Crippen molar-refractivity contribution in [3.8, 4) is 0 Å². The molecule has 1 aliphatic rings. The van der Waals surface area contributed by atoms with Crippen LogP contribution in [0.4, 0.5) is 5.69 Å². The van der Waals surface area contributed by atoms with Gasteiger partial charge in [-0.25, -0.2) is 0 Å². The number of para-hydroxylation sites is 1. The summed E-state index contributed by atoms with van der Waals surface area (Å²) in [5.41, 5.74) is 3.12. The normalized spacial score (nSPS) is 17.8. The largest absolute Gasteiger partial charge is 0.372 e. The third-order valence-corrected chi connectivity index (χ3v) is 5.52. The van der Waals surface area contributed by atoms with Gasteiger partial charge in [0.1, 0.15) is 6.23 Å². The Labute approximate surface area is 171 Å². The van der Waals surface area contributed by atoms with Gasteiger partial charge in [0.05, 0.1) is 6.04 Å². The number of carbonyl (C=O) groups is 1. The Kier molecular flexibility index (Phi) is 6.03. The Morgan fingerprint density at radius 1 is 0.966 bits per heavy atom. The smallest absolute Gasteiger partial charge is 0.195 e. The van der Waals surface area contributed by atoms with E-state index in [9.17, 15) is 9.90 Å². The van der Waals surface area contributed by atoms with E-state index in [1.807, 2.05) is 66.7 Å². The lowest BCUT2D eigenvalue weighted by atomic mass is 10.0. The summed E-state index contributed by atoms with van der Waals surface area (Å²) in [6.45, 7) is 1.78. The fourth-order valence-corrected chi connectivity index (χ4v) is 4.03. The monoisotopic (exact) mass is 386 g/mol. The Balaban J connectivity index is 1.50. The van der Waals surface area contributed by atoms with E-state index >= 15 is 0 Å². The minimum atomic E-state index is -0.745. The van der Waals surface area contributed by atoms with Gasteiger partial charge in [-0.05, 0) is 37.1 Å². The van der Waals surface area contributed by atoms with E-state index in [1.165, 1.54) is 5.56 Å². The molecule has 0 aromatic heterocycles. The van der Waals surface area contributed by atoms with Crippen LogP contribution in [-0.4, -0.2) is 34.6 Å². The third-order valence-electron chi connectivity index (χ3n) is 5.52. The van der Waals surface area contributed by atoms with Crippen LogP contribution in [0.1, 0.15) is 34.3 Å². The van der Waals surface area contributed by atoms with Gasteiger partial charge in [-0.15, -0.1) is 0 Å². The molecule has 2 N–H and O–H groups in total. The molecule has 0 bridgehead atoms. The second-order valence-electron chi connectivity index (χ2n) is 7.50. The average Bonchev–Trinajstić information content (AvgIpc) is 3.23. The van der Waals surface area contributed by atoms with Gasteiger partial charge in [0.15, 0.2) is 5.78 Å². The first-order chi connectivity index (χ1) is 14.2. The Morgan fingerprint density at radius 3 is 2.38 bits per heavy atom. The van der Waals surface area contributed by atoms with Gasteiger partial charge in [-0.1, -0.05) is 72.8 Å². The van der Waals surface area contributed by atoms with Crippen LogP contribution >= 0.6 is 0 Å². The van der Waals surface area contributed by atoms with Crippen LogP contribution < -0.4 is 5.32 Å². The topological polar surface area (TPSA) is 52.6 Å². The molecule has 0 saturated carbocycles. The molecule has 1 heterocycles. The summed E-state index contributed by atoms with van der Waals surface area (Å²) in [5, 5.41) is 14.2. The van der Waals surface area contributed by atoms with Gasteiger partial charge in [0, 0.05) is 23.4 Å². The van der Waals surface area contributed by atoms with E-state index in [1.54, 1.807) is 6.07 Å². The number of anilines is 1. The highest BCUT2D eigenvalue weighted by Gasteiger charge is 2.31. The molecule has 0 spiro atoms. The summed E-state index contributed by atoms with van der Waals surface area (Å²) in [7, 11) is 0. The van der Waals surface area contributed by atoms with Crippen molar-refractivity contribution < 1.29 is 9.90 Å². The first-order valence-electron chi connectivity index (χ1n) is 10.1. The molecular weight excluding hydrogens is 360 g/mol. The predicted octanol–water partition coefficient (Wildman–Crippen LogP) is 4.31. The van der Waals surface area contributed by atoms with E-state index < -0.39 is 6.23 Å². The maximum atomic E-state index is 12.9. The zero-order chi connectivity index (χ0) is 20.1. The Morgan fingerprint density at radius 2 is 1.62 bits per heavy atom. The minimum Gasteiger partial charge on any atom is -0.372 e. The molecule has 0 radical (unpaired) electrons. The molecule has 1 aliphatic heterocycles. The van der Waals surface area contributed by atoms with Crippen molar-refractivity contribution in [1.29, 1.82) is 0 Å². The molecule has 4 nitrogen and oxygen atoms in total. The minimum absolute atomic E-state index is 0.00934. The standard InChI is InChI=1S/C25H26N2O2/c28-24(20-12-5-2-6-13-20)21-14-7-8-15-22(21)26-25(29)23-16-9-17-27(23)18-19-10-3-1-4-11-19/h1-8,10-15,23,25-26,29H,9,16-18H2. The van der Waals surface area contributed by atoms with Crippen LogP contribution in [0.3, 0.4) is 0 Å². The van der Waals surface area contributed by atoms with Crippen LogP contribution in [0, 0.1) is 0 Å². The number of ketones is 1. The second-order valence-corrected chi connectivity index (χ2v) is 7.50. The number of benzene rings is 3. The van der Waals surface area contributed by atoms with Crippen molar-refractivity contribution >= 4 is 11.5 Å². The maximum Gasteiger partial charge on any atom is 0.195 e. The molecule has 3 aromatic rings. The highest BCUT2D eigenvalue weighted by atomic mass is 16.3. The summed E-state index contributed by atoms with van der Waals surface area (Å²) in [6, 6.07) is 27.0. The van der Waals surface area contributed by atoms with Gasteiger partial charge in [-0.3, -0.25) is 9.69 Å². The highest BCUT2D eigenvalue weighted by Crippen LogP contribution is 2.26. The number of nitrogens with zero attached hydrogens (tertiary/aromatic N) is 1. The Bertz CT molecular complexity index is 943. The Hall–Kier alpha value is -2.95. The van der Waals surface area contributed by atoms with E-state index in [-0.39, 0.29) is 11.8 Å². The molecule has 3 aromatic carbocycles. The number of likely N-dealkylation sites (tertiary alicyclic amines) is 1. The van der Waals surface area contributed by atoms with E-state index in [2.05, 4.69) is 22.3 Å². The number of aliphatic hydroxyl groups excluding tert-OH is 1. The molecule has 148 valence electrons. The average molecular weight is 386 g/mol. The van der Waals surface area contributed by atoms with Crippen molar-refractivity contribution in [1.82, 2.24) is 4.90 Å². The summed E-state index contributed by atoms with van der Waals surface area (Å²) in [5.74, 6) is -0.0477. The fourth-order valence-electron chi connectivity index (χ4n) is 4.03. The summed E-state index contributed by atoms with van der Waals surface area (Å²) in [6.07, 6.45) is 1.24. The van der Waals surface area contributed by atoms with E-state index in [4.69, 9.17) is 0 Å². The predicted molar refractivity (Wildman–Crippen MR) is 116 cm³/mol. The van der Waals surface area contributed by atoms with Crippen molar-refractivity contribution in [3.63, 3.8) is 0 Å². The first-order valence-corrected chi connectivity index (χ1v) is 10.1. The summed E-state index contributed by atoms with van der Waals surface area (Å²) < 4.78 is 0. The number of aliphatic hydroxyl groups is 1. The van der Waals surface area contributed by atoms with E-state index in [0.717, 1.165) is 25.9 Å². The molecule has 0 aliphatic carbocycles. The van der Waals surface area contributed by atoms with Crippen LogP contribution in [0.5, 0.6) is 0 Å². The van der Waals surface area contributed by atoms with Crippen molar-refractivity contribution in [3.05, 3.63) is 102 Å². The van der Waals surface area contributed by atoms with Crippen molar-refractivity contribution in [2.45, 2.75) is 31.7 Å².